The van der Waals surface area contributed by atoms with Crippen LogP contribution in [0.2, 0.25) is 0 Å². The number of anilines is 3. The van der Waals surface area contributed by atoms with Gasteiger partial charge in [0, 0.05) is 19.5 Å². The van der Waals surface area contributed by atoms with Crippen molar-refractivity contribution in [2.45, 2.75) is 13.1 Å². The average molecular weight is 394 g/mol. The largest absolute Gasteiger partial charge is 0.437 e. The van der Waals surface area contributed by atoms with Gasteiger partial charge in [-0.3, -0.25) is 0 Å². The van der Waals surface area contributed by atoms with Crippen molar-refractivity contribution in [2.75, 3.05) is 24.3 Å². The number of halogens is 3. The van der Waals surface area contributed by atoms with Crippen molar-refractivity contribution in [3.8, 4) is 11.6 Å². The zero-order chi connectivity index (χ0) is 19.6. The predicted octanol–water partition coefficient (Wildman–Crippen LogP) is 5.47. The highest BCUT2D eigenvalue weighted by atomic mass is 32.1. The molecule has 0 saturated carbocycles. The summed E-state index contributed by atoms with van der Waals surface area (Å²) in [5.74, 6) is 1.51. The lowest BCUT2D eigenvalue weighted by Crippen LogP contribution is -2.11. The molecule has 0 fully saturated rings. The Morgan fingerprint density at radius 2 is 1.81 bits per heavy atom. The highest BCUT2D eigenvalue weighted by molar-refractivity contribution is 7.13. The molecular formula is C18H17F3N4OS. The third-order valence-corrected chi connectivity index (χ3v) is 4.40. The van der Waals surface area contributed by atoms with Crippen molar-refractivity contribution >= 4 is 28.0 Å². The van der Waals surface area contributed by atoms with Crippen LogP contribution in [0.4, 0.5) is 29.8 Å². The number of para-hydroxylation sites is 1. The molecular weight excluding hydrogens is 377 g/mol. The summed E-state index contributed by atoms with van der Waals surface area (Å²) in [6, 6.07) is 10.9. The summed E-state index contributed by atoms with van der Waals surface area (Å²) in [5.41, 5.74) is 0.398. The quantitative estimate of drug-likeness (QED) is 0.622. The van der Waals surface area contributed by atoms with Gasteiger partial charge in [0.05, 0.1) is 0 Å². The van der Waals surface area contributed by atoms with Crippen LogP contribution in [0.25, 0.3) is 0 Å². The Morgan fingerprint density at radius 3 is 2.44 bits per heavy atom. The maximum absolute atomic E-state index is 12.8. The second kappa shape index (κ2) is 7.43. The molecule has 9 heteroatoms. The van der Waals surface area contributed by atoms with E-state index in [1.54, 1.807) is 23.1 Å². The third kappa shape index (κ3) is 4.48. The number of nitrogens with zero attached hydrogens (tertiary/aromatic N) is 3. The second-order valence-electron chi connectivity index (χ2n) is 5.94. The molecule has 27 heavy (non-hydrogen) atoms. The minimum Gasteiger partial charge on any atom is -0.437 e. The summed E-state index contributed by atoms with van der Waals surface area (Å²) < 4.78 is 44.2. The predicted molar refractivity (Wildman–Crippen MR) is 100 cm³/mol. The molecule has 0 bridgehead atoms. The summed E-state index contributed by atoms with van der Waals surface area (Å²) in [4.78, 5) is 9.85. The fourth-order valence-corrected chi connectivity index (χ4v) is 2.93. The van der Waals surface area contributed by atoms with E-state index in [4.69, 9.17) is 4.74 Å². The van der Waals surface area contributed by atoms with E-state index in [-0.39, 0.29) is 11.0 Å². The maximum Gasteiger partial charge on any atom is 0.434 e. The number of hydrogen-bond donors (Lipinski definition) is 1. The monoisotopic (exact) mass is 394 g/mol. The number of thiazole rings is 1. The summed E-state index contributed by atoms with van der Waals surface area (Å²) in [5, 5.41) is 3.94. The van der Waals surface area contributed by atoms with Crippen LogP contribution in [0.15, 0.2) is 41.8 Å². The third-order valence-electron chi connectivity index (χ3n) is 3.64. The van der Waals surface area contributed by atoms with Crippen LogP contribution in [-0.2, 0) is 6.18 Å². The van der Waals surface area contributed by atoms with Crippen LogP contribution >= 0.6 is 11.3 Å². The average Bonchev–Trinajstić information content (AvgIpc) is 3.07. The Hall–Kier alpha value is -2.81. The van der Waals surface area contributed by atoms with E-state index in [1.165, 1.54) is 0 Å². The normalized spacial score (nSPS) is 11.3. The number of nitrogens with one attached hydrogen (secondary N) is 1. The molecule has 5 nitrogen and oxygen atoms in total. The van der Waals surface area contributed by atoms with Gasteiger partial charge in [0.15, 0.2) is 10.8 Å². The molecule has 0 atom stereocenters. The number of benzene rings is 1. The molecule has 1 aromatic carbocycles. The number of pyridine rings is 1. The number of aryl methyl sites for hydroxylation is 1. The second-order valence-corrected chi connectivity index (χ2v) is 6.80. The van der Waals surface area contributed by atoms with E-state index in [2.05, 4.69) is 15.3 Å². The van der Waals surface area contributed by atoms with E-state index >= 15 is 0 Å². The summed E-state index contributed by atoms with van der Waals surface area (Å²) >= 11 is 0.864. The molecule has 2 aromatic heterocycles. The molecule has 142 valence electrons. The van der Waals surface area contributed by atoms with E-state index in [1.807, 2.05) is 39.2 Å². The van der Waals surface area contributed by atoms with Crippen molar-refractivity contribution in [1.29, 1.82) is 0 Å². The lowest BCUT2D eigenvalue weighted by atomic mass is 10.2. The van der Waals surface area contributed by atoms with Gasteiger partial charge in [-0.1, -0.05) is 18.2 Å². The van der Waals surface area contributed by atoms with Crippen LogP contribution in [0.5, 0.6) is 11.6 Å². The Morgan fingerprint density at radius 1 is 1.07 bits per heavy atom. The number of hydrogen-bond acceptors (Lipinski definition) is 6. The molecule has 0 spiro atoms. The highest BCUT2D eigenvalue weighted by Crippen LogP contribution is 2.36. The summed E-state index contributed by atoms with van der Waals surface area (Å²) in [7, 11) is 3.67. The molecule has 0 aliphatic heterocycles. The lowest BCUT2D eigenvalue weighted by molar-refractivity contribution is -0.140. The zero-order valence-electron chi connectivity index (χ0n) is 14.8. The number of alkyl halides is 3. The van der Waals surface area contributed by atoms with Gasteiger partial charge in [-0.15, -0.1) is 11.3 Å². The summed E-state index contributed by atoms with van der Waals surface area (Å²) in [6.07, 6.45) is -4.48. The minimum absolute atomic E-state index is 0.108. The Bertz CT molecular complexity index is 940. The first-order chi connectivity index (χ1) is 12.7. The molecule has 1 N–H and O–H groups in total. The molecule has 0 saturated heterocycles. The van der Waals surface area contributed by atoms with Gasteiger partial charge in [-0.05, 0) is 30.7 Å². The van der Waals surface area contributed by atoms with E-state index < -0.39 is 11.9 Å². The van der Waals surface area contributed by atoms with Gasteiger partial charge in [-0.2, -0.15) is 18.2 Å². The van der Waals surface area contributed by atoms with E-state index in [0.717, 1.165) is 22.3 Å². The Labute approximate surface area is 158 Å². The molecule has 0 unspecified atom stereocenters. The standard InChI is InChI=1S/C18H17F3N4OS/c1-11-6-4-5-7-13(11)26-16-12(8-9-15(24-16)25(2)3)22-17-23-14(10-27-17)18(19,20)21/h4-10H,1-3H3,(H,22,23). The van der Waals surface area contributed by atoms with Gasteiger partial charge >= 0.3 is 6.18 Å². The number of rotatable bonds is 5. The van der Waals surface area contributed by atoms with Crippen molar-refractivity contribution in [1.82, 2.24) is 9.97 Å². The van der Waals surface area contributed by atoms with Gasteiger partial charge < -0.3 is 15.0 Å². The number of ether oxygens (including phenoxy) is 1. The number of aromatic nitrogens is 2. The van der Waals surface area contributed by atoms with Crippen molar-refractivity contribution in [3.63, 3.8) is 0 Å². The van der Waals surface area contributed by atoms with Crippen molar-refractivity contribution < 1.29 is 17.9 Å². The molecule has 0 aliphatic rings. The maximum atomic E-state index is 12.8. The fraction of sp³-hybridized carbons (Fsp3) is 0.222. The van der Waals surface area contributed by atoms with Crippen LogP contribution in [0.3, 0.4) is 0 Å². The van der Waals surface area contributed by atoms with Crippen molar-refractivity contribution in [3.05, 3.63) is 53.0 Å². The smallest absolute Gasteiger partial charge is 0.434 e. The molecule has 3 rings (SSSR count). The van der Waals surface area contributed by atoms with Gasteiger partial charge in [-0.25, -0.2) is 4.98 Å². The minimum atomic E-state index is -4.48. The van der Waals surface area contributed by atoms with E-state index in [9.17, 15) is 13.2 Å². The highest BCUT2D eigenvalue weighted by Gasteiger charge is 2.33. The van der Waals surface area contributed by atoms with Gasteiger partial charge in [0.1, 0.15) is 17.3 Å². The van der Waals surface area contributed by atoms with Crippen LogP contribution in [0, 0.1) is 6.92 Å². The van der Waals surface area contributed by atoms with Crippen molar-refractivity contribution in [2.24, 2.45) is 0 Å². The first-order valence-electron chi connectivity index (χ1n) is 7.95. The molecule has 3 aromatic rings. The topological polar surface area (TPSA) is 50.3 Å². The zero-order valence-corrected chi connectivity index (χ0v) is 15.6. The molecule has 0 radical (unpaired) electrons. The first kappa shape index (κ1) is 19.0. The Kier molecular flexibility index (Phi) is 5.22. The molecule has 0 aliphatic carbocycles. The molecule has 2 heterocycles. The van der Waals surface area contributed by atoms with E-state index in [0.29, 0.717) is 17.3 Å². The Balaban J connectivity index is 1.94. The van der Waals surface area contributed by atoms with Crippen LogP contribution in [0.1, 0.15) is 11.3 Å². The SMILES string of the molecule is Cc1ccccc1Oc1nc(N(C)C)ccc1Nc1nc(C(F)(F)F)cs1. The summed E-state index contributed by atoms with van der Waals surface area (Å²) in [6.45, 7) is 1.90. The van der Waals surface area contributed by atoms with Crippen LogP contribution in [-0.4, -0.2) is 24.1 Å². The van der Waals surface area contributed by atoms with Crippen LogP contribution < -0.4 is 15.0 Å². The van der Waals surface area contributed by atoms with Gasteiger partial charge in [0.2, 0.25) is 5.88 Å². The molecule has 0 amide bonds. The van der Waals surface area contributed by atoms with Gasteiger partial charge in [0.25, 0.3) is 0 Å². The fourth-order valence-electron chi connectivity index (χ4n) is 2.20. The lowest BCUT2D eigenvalue weighted by Gasteiger charge is -2.16. The first-order valence-corrected chi connectivity index (χ1v) is 8.83.